The van der Waals surface area contributed by atoms with Gasteiger partial charge < -0.3 is 0 Å². The van der Waals surface area contributed by atoms with Gasteiger partial charge in [0.1, 0.15) is 0 Å². The smallest absolute Gasteiger partial charge is 0.258 e. The third kappa shape index (κ3) is 1.47. The molecular formula is C9H7N3O2. The first kappa shape index (κ1) is 8.43. The highest BCUT2D eigenvalue weighted by molar-refractivity contribution is 5.40. The molecule has 1 aromatic carbocycles. The number of non-ortho nitro benzene ring substituents is 1. The van der Waals surface area contributed by atoms with Gasteiger partial charge in [0.2, 0.25) is 0 Å². The minimum absolute atomic E-state index is 0.0842. The lowest BCUT2D eigenvalue weighted by Gasteiger charge is -1.99. The number of nitro groups is 1. The van der Waals surface area contributed by atoms with Gasteiger partial charge in [-0.1, -0.05) is 0 Å². The molecule has 0 atom stereocenters. The van der Waals surface area contributed by atoms with Gasteiger partial charge in [-0.2, -0.15) is 5.10 Å². The van der Waals surface area contributed by atoms with Crippen LogP contribution in [0.25, 0.3) is 5.69 Å². The molecule has 0 bridgehead atoms. The van der Waals surface area contributed by atoms with Crippen LogP contribution in [0.4, 0.5) is 5.69 Å². The summed E-state index contributed by atoms with van der Waals surface area (Å²) in [6.07, 6.45) is 3.43. The molecule has 0 amide bonds. The van der Waals surface area contributed by atoms with Gasteiger partial charge in [0.05, 0.1) is 10.6 Å². The largest absolute Gasteiger partial charge is 0.269 e. The van der Waals surface area contributed by atoms with E-state index in [1.54, 1.807) is 35.3 Å². The van der Waals surface area contributed by atoms with Crippen LogP contribution in [0, 0.1) is 10.1 Å². The van der Waals surface area contributed by atoms with Gasteiger partial charge in [0, 0.05) is 24.5 Å². The minimum atomic E-state index is -0.424. The standard InChI is InChI=1S/C9H7N3O2/c13-12(14)9-4-2-8(3-5-9)11-7-1-6-10-11/h1-7H. The molecule has 1 aromatic heterocycles. The van der Waals surface area contributed by atoms with Crippen LogP contribution < -0.4 is 0 Å². The average molecular weight is 189 g/mol. The SMILES string of the molecule is O=[N+]([O-])c1ccc(-n2cccn2)cc1. The predicted octanol–water partition coefficient (Wildman–Crippen LogP) is 1.78. The normalized spacial score (nSPS) is 10.0. The molecule has 0 aliphatic carbocycles. The van der Waals surface area contributed by atoms with Crippen molar-refractivity contribution in [2.24, 2.45) is 0 Å². The highest BCUT2D eigenvalue weighted by atomic mass is 16.6. The Bertz CT molecular complexity index is 434. The van der Waals surface area contributed by atoms with Gasteiger partial charge in [0.15, 0.2) is 0 Å². The van der Waals surface area contributed by atoms with Gasteiger partial charge in [0.25, 0.3) is 5.69 Å². The van der Waals surface area contributed by atoms with Crippen molar-refractivity contribution in [1.29, 1.82) is 0 Å². The van der Waals surface area contributed by atoms with E-state index in [2.05, 4.69) is 5.10 Å². The summed E-state index contributed by atoms with van der Waals surface area (Å²) in [5, 5.41) is 14.4. The molecule has 0 radical (unpaired) electrons. The van der Waals surface area contributed by atoms with E-state index < -0.39 is 4.92 Å². The number of nitrogens with zero attached hydrogens (tertiary/aromatic N) is 3. The number of hydrogen-bond donors (Lipinski definition) is 0. The molecule has 0 fully saturated rings. The molecule has 1 heterocycles. The maximum Gasteiger partial charge on any atom is 0.269 e. The van der Waals surface area contributed by atoms with Crippen molar-refractivity contribution < 1.29 is 4.92 Å². The lowest BCUT2D eigenvalue weighted by Crippen LogP contribution is -1.94. The van der Waals surface area contributed by atoms with E-state index in [9.17, 15) is 10.1 Å². The molecule has 70 valence electrons. The Labute approximate surface area is 79.7 Å². The second kappa shape index (κ2) is 3.29. The second-order valence-corrected chi connectivity index (χ2v) is 2.72. The molecule has 2 rings (SSSR count). The number of rotatable bonds is 2. The molecule has 5 heteroatoms. The first-order valence-corrected chi connectivity index (χ1v) is 4.02. The van der Waals surface area contributed by atoms with E-state index in [-0.39, 0.29) is 5.69 Å². The van der Waals surface area contributed by atoms with Crippen LogP contribution in [0.15, 0.2) is 42.7 Å². The maximum absolute atomic E-state index is 10.4. The molecule has 5 nitrogen and oxygen atoms in total. The van der Waals surface area contributed by atoms with Crippen LogP contribution in [-0.2, 0) is 0 Å². The highest BCUT2D eigenvalue weighted by Gasteiger charge is 2.04. The fourth-order valence-electron chi connectivity index (χ4n) is 1.15. The maximum atomic E-state index is 10.4. The summed E-state index contributed by atoms with van der Waals surface area (Å²) in [5.74, 6) is 0. The van der Waals surface area contributed by atoms with Crippen molar-refractivity contribution in [1.82, 2.24) is 9.78 Å². The van der Waals surface area contributed by atoms with Crippen molar-refractivity contribution in [2.45, 2.75) is 0 Å². The summed E-state index contributed by atoms with van der Waals surface area (Å²) in [6.45, 7) is 0. The van der Waals surface area contributed by atoms with Crippen LogP contribution in [0.1, 0.15) is 0 Å². The van der Waals surface area contributed by atoms with E-state index in [4.69, 9.17) is 0 Å². The molecule has 14 heavy (non-hydrogen) atoms. The van der Waals surface area contributed by atoms with E-state index in [1.165, 1.54) is 12.1 Å². The zero-order valence-electron chi connectivity index (χ0n) is 7.20. The topological polar surface area (TPSA) is 61.0 Å². The molecule has 0 aliphatic rings. The number of hydrogen-bond acceptors (Lipinski definition) is 3. The quantitative estimate of drug-likeness (QED) is 0.534. The lowest BCUT2D eigenvalue weighted by atomic mass is 10.3. The van der Waals surface area contributed by atoms with E-state index >= 15 is 0 Å². The zero-order valence-corrected chi connectivity index (χ0v) is 7.20. The lowest BCUT2D eigenvalue weighted by molar-refractivity contribution is -0.384. The molecular weight excluding hydrogens is 182 g/mol. The Morgan fingerprint density at radius 1 is 1.29 bits per heavy atom. The molecule has 0 saturated carbocycles. The van der Waals surface area contributed by atoms with E-state index in [1.807, 2.05) is 0 Å². The van der Waals surface area contributed by atoms with Gasteiger partial charge >= 0.3 is 0 Å². The summed E-state index contributed by atoms with van der Waals surface area (Å²) in [6, 6.07) is 8.02. The minimum Gasteiger partial charge on any atom is -0.258 e. The third-order valence-electron chi connectivity index (χ3n) is 1.83. The summed E-state index contributed by atoms with van der Waals surface area (Å²) in [5.41, 5.74) is 0.890. The molecule has 0 spiro atoms. The van der Waals surface area contributed by atoms with Crippen LogP contribution in [0.2, 0.25) is 0 Å². The Hall–Kier alpha value is -2.17. The van der Waals surface area contributed by atoms with Crippen molar-refractivity contribution in [3.05, 3.63) is 52.8 Å². The molecule has 0 saturated heterocycles. The average Bonchev–Trinajstić information content (AvgIpc) is 2.71. The van der Waals surface area contributed by atoms with Gasteiger partial charge in [-0.3, -0.25) is 10.1 Å². The Kier molecular flexibility index (Phi) is 1.98. The Morgan fingerprint density at radius 2 is 2.00 bits per heavy atom. The fraction of sp³-hybridized carbons (Fsp3) is 0. The summed E-state index contributed by atoms with van der Waals surface area (Å²) in [4.78, 5) is 9.96. The second-order valence-electron chi connectivity index (χ2n) is 2.72. The summed E-state index contributed by atoms with van der Waals surface area (Å²) < 4.78 is 1.64. The number of benzene rings is 1. The third-order valence-corrected chi connectivity index (χ3v) is 1.83. The van der Waals surface area contributed by atoms with Crippen LogP contribution in [0.3, 0.4) is 0 Å². The van der Waals surface area contributed by atoms with Crippen molar-refractivity contribution in [3.63, 3.8) is 0 Å². The van der Waals surface area contributed by atoms with Gasteiger partial charge in [-0.15, -0.1) is 0 Å². The summed E-state index contributed by atoms with van der Waals surface area (Å²) in [7, 11) is 0. The van der Waals surface area contributed by atoms with E-state index in [0.717, 1.165) is 5.69 Å². The zero-order chi connectivity index (χ0) is 9.97. The molecule has 0 unspecified atom stereocenters. The monoisotopic (exact) mass is 189 g/mol. The molecule has 0 aliphatic heterocycles. The Balaban J connectivity index is 2.36. The Morgan fingerprint density at radius 3 is 2.50 bits per heavy atom. The van der Waals surface area contributed by atoms with Crippen molar-refractivity contribution >= 4 is 5.69 Å². The predicted molar refractivity (Wildman–Crippen MR) is 50.2 cm³/mol. The van der Waals surface area contributed by atoms with Crippen LogP contribution in [-0.4, -0.2) is 14.7 Å². The van der Waals surface area contributed by atoms with E-state index in [0.29, 0.717) is 0 Å². The number of nitro benzene ring substituents is 1. The summed E-state index contributed by atoms with van der Waals surface area (Å²) >= 11 is 0. The first-order valence-electron chi connectivity index (χ1n) is 4.02. The van der Waals surface area contributed by atoms with Crippen LogP contribution in [0.5, 0.6) is 0 Å². The van der Waals surface area contributed by atoms with Gasteiger partial charge in [-0.05, 0) is 18.2 Å². The van der Waals surface area contributed by atoms with Gasteiger partial charge in [-0.25, -0.2) is 4.68 Å². The number of aromatic nitrogens is 2. The highest BCUT2D eigenvalue weighted by Crippen LogP contribution is 2.13. The molecule has 0 N–H and O–H groups in total. The molecule has 2 aromatic rings. The van der Waals surface area contributed by atoms with Crippen LogP contribution >= 0.6 is 0 Å². The fourth-order valence-corrected chi connectivity index (χ4v) is 1.15. The van der Waals surface area contributed by atoms with Crippen molar-refractivity contribution in [2.75, 3.05) is 0 Å². The first-order chi connectivity index (χ1) is 6.77. The van der Waals surface area contributed by atoms with Crippen molar-refractivity contribution in [3.8, 4) is 5.69 Å².